The fourth-order valence-corrected chi connectivity index (χ4v) is 4.12. The number of hydrogen-bond donors (Lipinski definition) is 0. The van der Waals surface area contributed by atoms with Crippen LogP contribution >= 0.6 is 11.3 Å². The Labute approximate surface area is 170 Å². The van der Waals surface area contributed by atoms with Gasteiger partial charge < -0.3 is 23.8 Å². The van der Waals surface area contributed by atoms with Gasteiger partial charge in [-0.2, -0.15) is 0 Å². The molecule has 4 rings (SSSR count). The maximum absolute atomic E-state index is 13.3. The highest BCUT2D eigenvalue weighted by molar-refractivity contribution is 7.22. The van der Waals surface area contributed by atoms with Crippen LogP contribution in [0.3, 0.4) is 0 Å². The van der Waals surface area contributed by atoms with E-state index in [1.54, 1.807) is 18.2 Å². The third-order valence-corrected chi connectivity index (χ3v) is 5.71. The molecule has 0 saturated carbocycles. The van der Waals surface area contributed by atoms with Crippen molar-refractivity contribution >= 4 is 32.7 Å². The van der Waals surface area contributed by atoms with Crippen LogP contribution in [-0.4, -0.2) is 51.5 Å². The summed E-state index contributed by atoms with van der Waals surface area (Å²) in [6.07, 6.45) is -0.259. The number of hydrogen-bond acceptors (Lipinski definition) is 8. The molecule has 1 saturated heterocycles. The maximum atomic E-state index is 13.3. The van der Waals surface area contributed by atoms with Crippen molar-refractivity contribution in [3.05, 3.63) is 41.7 Å². The standard InChI is InChI=1S/C20H19FN2O5S/c1-25-15-6-11(7-16(26-2)18(15)27-3)19(24)28-13-9-23(10-13)20-22-14-5-4-12(21)8-17(14)29-20/h4-8,13H,9-10H2,1-3H3. The molecule has 0 unspecified atom stereocenters. The number of thiazole rings is 1. The van der Waals surface area contributed by atoms with Crippen molar-refractivity contribution in [3.63, 3.8) is 0 Å². The molecule has 1 aromatic heterocycles. The molecule has 9 heteroatoms. The van der Waals surface area contributed by atoms with Crippen molar-refractivity contribution < 1.29 is 28.1 Å². The van der Waals surface area contributed by atoms with Gasteiger partial charge in [0.15, 0.2) is 16.6 Å². The van der Waals surface area contributed by atoms with Crippen LogP contribution in [0.4, 0.5) is 9.52 Å². The van der Waals surface area contributed by atoms with E-state index in [0.717, 1.165) is 15.3 Å². The Morgan fingerprint density at radius 1 is 1.10 bits per heavy atom. The lowest BCUT2D eigenvalue weighted by atomic mass is 10.1. The number of aromatic nitrogens is 1. The zero-order valence-electron chi connectivity index (χ0n) is 16.1. The smallest absolute Gasteiger partial charge is 0.338 e. The molecule has 2 heterocycles. The molecule has 0 N–H and O–H groups in total. The van der Waals surface area contributed by atoms with E-state index in [2.05, 4.69) is 4.98 Å². The quantitative estimate of drug-likeness (QED) is 0.568. The lowest BCUT2D eigenvalue weighted by Gasteiger charge is -2.38. The van der Waals surface area contributed by atoms with E-state index in [1.165, 1.54) is 44.8 Å². The Balaban J connectivity index is 1.42. The van der Waals surface area contributed by atoms with Crippen molar-refractivity contribution in [2.45, 2.75) is 6.10 Å². The molecule has 0 atom stereocenters. The van der Waals surface area contributed by atoms with Gasteiger partial charge in [0.25, 0.3) is 0 Å². The molecule has 7 nitrogen and oxygen atoms in total. The highest BCUT2D eigenvalue weighted by atomic mass is 32.1. The zero-order valence-corrected chi connectivity index (χ0v) is 16.9. The van der Waals surface area contributed by atoms with Crippen molar-refractivity contribution in [2.75, 3.05) is 39.3 Å². The number of anilines is 1. The highest BCUT2D eigenvalue weighted by Crippen LogP contribution is 2.38. The van der Waals surface area contributed by atoms with Gasteiger partial charge in [-0.3, -0.25) is 0 Å². The molecular formula is C20H19FN2O5S. The summed E-state index contributed by atoms with van der Waals surface area (Å²) in [5.41, 5.74) is 1.07. The fraction of sp³-hybridized carbons (Fsp3) is 0.300. The van der Waals surface area contributed by atoms with Crippen LogP contribution in [0.25, 0.3) is 10.2 Å². The predicted octanol–water partition coefficient (Wildman–Crippen LogP) is 3.51. The number of benzene rings is 2. The van der Waals surface area contributed by atoms with Crippen molar-refractivity contribution in [1.29, 1.82) is 0 Å². The first-order valence-corrected chi connectivity index (χ1v) is 9.66. The summed E-state index contributed by atoms with van der Waals surface area (Å²) in [5, 5.41) is 0.783. The molecular weight excluding hydrogens is 399 g/mol. The second kappa shape index (κ2) is 7.75. The Kier molecular flexibility index (Phi) is 5.14. The van der Waals surface area contributed by atoms with E-state index in [0.29, 0.717) is 35.9 Å². The zero-order chi connectivity index (χ0) is 20.5. The summed E-state index contributed by atoms with van der Waals surface area (Å²) >= 11 is 1.41. The molecule has 0 bridgehead atoms. The van der Waals surface area contributed by atoms with E-state index in [-0.39, 0.29) is 11.9 Å². The third kappa shape index (κ3) is 3.65. The van der Waals surface area contributed by atoms with E-state index >= 15 is 0 Å². The fourth-order valence-electron chi connectivity index (χ4n) is 3.11. The molecule has 3 aromatic rings. The van der Waals surface area contributed by atoms with E-state index in [4.69, 9.17) is 18.9 Å². The number of nitrogens with zero attached hydrogens (tertiary/aromatic N) is 2. The van der Waals surface area contributed by atoms with Crippen LogP contribution in [0.2, 0.25) is 0 Å². The lowest BCUT2D eigenvalue weighted by Crippen LogP contribution is -2.53. The van der Waals surface area contributed by atoms with Gasteiger partial charge in [0.2, 0.25) is 5.75 Å². The molecule has 0 aliphatic carbocycles. The number of methoxy groups -OCH3 is 3. The first-order valence-electron chi connectivity index (χ1n) is 8.84. The first kappa shape index (κ1) is 19.3. The van der Waals surface area contributed by atoms with Gasteiger partial charge in [-0.15, -0.1) is 0 Å². The van der Waals surface area contributed by atoms with Crippen LogP contribution in [-0.2, 0) is 4.74 Å². The number of ether oxygens (including phenoxy) is 4. The van der Waals surface area contributed by atoms with E-state index in [1.807, 2.05) is 4.90 Å². The Bertz CT molecular complexity index is 1040. The second-order valence-corrected chi connectivity index (χ2v) is 7.46. The molecule has 1 aliphatic rings. The number of carbonyl (C=O) groups is 1. The summed E-state index contributed by atoms with van der Waals surface area (Å²) in [7, 11) is 4.47. The summed E-state index contributed by atoms with van der Waals surface area (Å²) in [6, 6.07) is 7.64. The van der Waals surface area contributed by atoms with Crippen LogP contribution in [0.15, 0.2) is 30.3 Å². The van der Waals surface area contributed by atoms with E-state index in [9.17, 15) is 9.18 Å². The molecule has 1 aliphatic heterocycles. The first-order chi connectivity index (χ1) is 14.0. The minimum absolute atomic E-state index is 0.259. The highest BCUT2D eigenvalue weighted by Gasteiger charge is 2.33. The van der Waals surface area contributed by atoms with Crippen LogP contribution in [0.5, 0.6) is 17.2 Å². The van der Waals surface area contributed by atoms with Crippen LogP contribution in [0, 0.1) is 5.82 Å². The largest absolute Gasteiger partial charge is 0.493 e. The Morgan fingerprint density at radius 3 is 2.41 bits per heavy atom. The number of esters is 1. The second-order valence-electron chi connectivity index (χ2n) is 6.45. The number of halogens is 1. The molecule has 0 amide bonds. The van der Waals surface area contributed by atoms with Crippen LogP contribution in [0.1, 0.15) is 10.4 Å². The minimum Gasteiger partial charge on any atom is -0.493 e. The van der Waals surface area contributed by atoms with Gasteiger partial charge in [-0.25, -0.2) is 14.2 Å². The van der Waals surface area contributed by atoms with Gasteiger partial charge in [0.1, 0.15) is 11.9 Å². The van der Waals surface area contributed by atoms with Crippen LogP contribution < -0.4 is 19.1 Å². The lowest BCUT2D eigenvalue weighted by molar-refractivity contribution is 0.0233. The minimum atomic E-state index is -0.472. The molecule has 0 radical (unpaired) electrons. The summed E-state index contributed by atoms with van der Waals surface area (Å²) in [4.78, 5) is 19.1. The average molecular weight is 418 g/mol. The topological polar surface area (TPSA) is 70.1 Å². The Morgan fingerprint density at radius 2 is 1.79 bits per heavy atom. The van der Waals surface area contributed by atoms with Gasteiger partial charge in [0, 0.05) is 0 Å². The Hall–Kier alpha value is -3.07. The number of carbonyl (C=O) groups excluding carboxylic acids is 1. The summed E-state index contributed by atoms with van der Waals surface area (Å²) in [5.74, 6) is 0.425. The number of rotatable bonds is 6. The molecule has 152 valence electrons. The summed E-state index contributed by atoms with van der Waals surface area (Å²) in [6.45, 7) is 1.05. The van der Waals surface area contributed by atoms with Crippen molar-refractivity contribution in [2.24, 2.45) is 0 Å². The average Bonchev–Trinajstić information content (AvgIpc) is 3.11. The number of fused-ring (bicyclic) bond motifs is 1. The molecule has 29 heavy (non-hydrogen) atoms. The van der Waals surface area contributed by atoms with Gasteiger partial charge in [-0.05, 0) is 30.3 Å². The normalized spacial score (nSPS) is 13.9. The van der Waals surface area contributed by atoms with Gasteiger partial charge in [0.05, 0.1) is 50.2 Å². The molecule has 0 spiro atoms. The van der Waals surface area contributed by atoms with E-state index < -0.39 is 5.97 Å². The molecule has 1 fully saturated rings. The van der Waals surface area contributed by atoms with Gasteiger partial charge >= 0.3 is 5.97 Å². The van der Waals surface area contributed by atoms with Crippen molar-refractivity contribution in [1.82, 2.24) is 4.98 Å². The maximum Gasteiger partial charge on any atom is 0.338 e. The van der Waals surface area contributed by atoms with Crippen molar-refractivity contribution in [3.8, 4) is 17.2 Å². The predicted molar refractivity (Wildman–Crippen MR) is 107 cm³/mol. The summed E-state index contributed by atoms with van der Waals surface area (Å²) < 4.78 is 35.5. The SMILES string of the molecule is COc1cc(C(=O)OC2CN(c3nc4ccc(F)cc4s3)C2)cc(OC)c1OC. The van der Waals surface area contributed by atoms with Gasteiger partial charge in [-0.1, -0.05) is 11.3 Å². The molecule has 2 aromatic carbocycles. The monoisotopic (exact) mass is 418 g/mol. The third-order valence-electron chi connectivity index (χ3n) is 4.63.